The number of anilines is 1. The van der Waals surface area contributed by atoms with Gasteiger partial charge in [0.2, 0.25) is 5.91 Å². The number of carboxylic acid groups (broad SMARTS) is 1. The van der Waals surface area contributed by atoms with Crippen LogP contribution < -0.4 is 5.32 Å². The first-order chi connectivity index (χ1) is 14.1. The lowest BCUT2D eigenvalue weighted by atomic mass is 10.0. The maximum Gasteiger partial charge on any atom is 0.337 e. The van der Waals surface area contributed by atoms with Crippen LogP contribution in [0.2, 0.25) is 0 Å². The van der Waals surface area contributed by atoms with E-state index in [1.165, 1.54) is 5.56 Å². The Balaban J connectivity index is 1.66. The van der Waals surface area contributed by atoms with Gasteiger partial charge in [-0.2, -0.15) is 0 Å². The van der Waals surface area contributed by atoms with E-state index in [-0.39, 0.29) is 17.9 Å². The summed E-state index contributed by atoms with van der Waals surface area (Å²) in [6, 6.07) is 24.9. The third kappa shape index (κ3) is 6.18. The highest BCUT2D eigenvalue weighted by atomic mass is 16.4. The molecule has 3 rings (SSSR count). The number of rotatable bonds is 8. The minimum atomic E-state index is -1.06. The summed E-state index contributed by atoms with van der Waals surface area (Å²) in [6.07, 6.45) is 5.42. The molecule has 0 aliphatic rings. The Hall–Kier alpha value is -3.66. The van der Waals surface area contributed by atoms with Crippen molar-refractivity contribution in [2.24, 2.45) is 0 Å². The summed E-state index contributed by atoms with van der Waals surface area (Å²) in [7, 11) is 0. The highest BCUT2D eigenvalue weighted by molar-refractivity contribution is 6.01. The van der Waals surface area contributed by atoms with Gasteiger partial charge in [0.25, 0.3) is 0 Å². The molecule has 146 valence electrons. The molecule has 29 heavy (non-hydrogen) atoms. The molecule has 0 bridgehead atoms. The van der Waals surface area contributed by atoms with Crippen molar-refractivity contribution in [3.8, 4) is 0 Å². The van der Waals surface area contributed by atoms with Crippen LogP contribution in [0, 0.1) is 0 Å². The van der Waals surface area contributed by atoms with Crippen LogP contribution in [-0.2, 0) is 17.6 Å². The van der Waals surface area contributed by atoms with Crippen LogP contribution in [0.5, 0.6) is 0 Å². The van der Waals surface area contributed by atoms with E-state index in [0.29, 0.717) is 5.69 Å². The lowest BCUT2D eigenvalue weighted by Crippen LogP contribution is -2.14. The van der Waals surface area contributed by atoms with E-state index in [1.807, 2.05) is 54.6 Å². The Morgan fingerprint density at radius 1 is 0.828 bits per heavy atom. The first kappa shape index (κ1) is 20.1. The molecule has 0 radical (unpaired) electrons. The highest BCUT2D eigenvalue weighted by Crippen LogP contribution is 2.20. The van der Waals surface area contributed by atoms with Gasteiger partial charge < -0.3 is 10.4 Å². The predicted octanol–water partition coefficient (Wildman–Crippen LogP) is 5.21. The Kier molecular flexibility index (Phi) is 6.95. The number of amides is 1. The zero-order valence-electron chi connectivity index (χ0n) is 16.0. The van der Waals surface area contributed by atoms with Crippen molar-refractivity contribution in [1.29, 1.82) is 0 Å². The molecule has 3 aromatic rings. The van der Waals surface area contributed by atoms with Crippen molar-refractivity contribution in [3.05, 3.63) is 107 Å². The molecule has 0 saturated carbocycles. The van der Waals surface area contributed by atoms with Gasteiger partial charge in [-0.15, -0.1) is 0 Å². The van der Waals surface area contributed by atoms with E-state index < -0.39 is 5.97 Å². The van der Waals surface area contributed by atoms with E-state index in [2.05, 4.69) is 17.4 Å². The van der Waals surface area contributed by atoms with Gasteiger partial charge in [-0.1, -0.05) is 78.9 Å². The number of carboxylic acids is 1. The van der Waals surface area contributed by atoms with Gasteiger partial charge in [-0.25, -0.2) is 4.79 Å². The van der Waals surface area contributed by atoms with E-state index in [9.17, 15) is 14.7 Å². The van der Waals surface area contributed by atoms with Crippen molar-refractivity contribution < 1.29 is 14.7 Å². The molecule has 0 saturated heterocycles. The predicted molar refractivity (Wildman–Crippen MR) is 116 cm³/mol. The van der Waals surface area contributed by atoms with Crippen molar-refractivity contribution in [2.45, 2.75) is 19.3 Å². The summed E-state index contributed by atoms with van der Waals surface area (Å²) in [4.78, 5) is 23.8. The molecule has 0 aliphatic carbocycles. The summed E-state index contributed by atoms with van der Waals surface area (Å²) in [5.41, 5.74) is 3.63. The zero-order valence-corrected chi connectivity index (χ0v) is 16.0. The van der Waals surface area contributed by atoms with Gasteiger partial charge in [-0.3, -0.25) is 4.79 Å². The van der Waals surface area contributed by atoms with Crippen molar-refractivity contribution in [1.82, 2.24) is 0 Å². The van der Waals surface area contributed by atoms with E-state index in [4.69, 9.17) is 0 Å². The molecule has 4 heteroatoms. The second-order valence-corrected chi connectivity index (χ2v) is 6.74. The molecule has 1 amide bonds. The molecule has 4 nitrogen and oxygen atoms in total. The number of carbonyl (C=O) groups excluding carboxylic acids is 1. The number of hydrogen-bond acceptors (Lipinski definition) is 2. The molecule has 0 spiro atoms. The lowest BCUT2D eigenvalue weighted by Gasteiger charge is -2.10. The normalized spacial score (nSPS) is 10.8. The Morgan fingerprint density at radius 3 is 2.17 bits per heavy atom. The third-order valence-electron chi connectivity index (χ3n) is 4.55. The fraction of sp³-hybridized carbons (Fsp3) is 0.120. The van der Waals surface area contributed by atoms with Crippen LogP contribution in [0.4, 0.5) is 5.69 Å². The van der Waals surface area contributed by atoms with Gasteiger partial charge >= 0.3 is 5.97 Å². The molecule has 0 fully saturated rings. The minimum absolute atomic E-state index is 0.0915. The number of aryl methyl sites for hydroxylation is 2. The van der Waals surface area contributed by atoms with Gasteiger partial charge in [0, 0.05) is 6.42 Å². The molecule has 0 aromatic heterocycles. The van der Waals surface area contributed by atoms with Gasteiger partial charge in [0.1, 0.15) is 0 Å². The standard InChI is InChI=1S/C25H23NO3/c27-24(13-7-12-19-8-3-1-4-9-19)26-23-18-21(16-17-22(23)25(28)29)15-14-20-10-5-2-6-11-20/h1-12,16-18H,13-15H2,(H,26,27)(H,28,29)/b12-7+. The molecule has 0 atom stereocenters. The monoisotopic (exact) mass is 385 g/mol. The lowest BCUT2D eigenvalue weighted by molar-refractivity contribution is -0.115. The molecular formula is C25H23NO3. The summed E-state index contributed by atoms with van der Waals surface area (Å²) < 4.78 is 0. The van der Waals surface area contributed by atoms with Crippen LogP contribution in [0.3, 0.4) is 0 Å². The summed E-state index contributed by atoms with van der Waals surface area (Å²) >= 11 is 0. The van der Waals surface area contributed by atoms with Crippen LogP contribution >= 0.6 is 0 Å². The number of hydrogen-bond donors (Lipinski definition) is 2. The molecule has 0 unspecified atom stereocenters. The number of nitrogens with one attached hydrogen (secondary N) is 1. The van der Waals surface area contributed by atoms with E-state index in [0.717, 1.165) is 24.0 Å². The molecule has 0 heterocycles. The molecular weight excluding hydrogens is 362 g/mol. The van der Waals surface area contributed by atoms with Crippen LogP contribution in [0.1, 0.15) is 33.5 Å². The largest absolute Gasteiger partial charge is 0.478 e. The second kappa shape index (κ2) is 10.0. The quantitative estimate of drug-likeness (QED) is 0.559. The Bertz CT molecular complexity index is 995. The fourth-order valence-electron chi connectivity index (χ4n) is 3.04. The smallest absolute Gasteiger partial charge is 0.337 e. The van der Waals surface area contributed by atoms with Crippen LogP contribution in [-0.4, -0.2) is 17.0 Å². The fourth-order valence-corrected chi connectivity index (χ4v) is 3.04. The number of aromatic carboxylic acids is 1. The highest BCUT2D eigenvalue weighted by Gasteiger charge is 2.13. The van der Waals surface area contributed by atoms with Crippen molar-refractivity contribution in [2.75, 3.05) is 5.32 Å². The van der Waals surface area contributed by atoms with E-state index in [1.54, 1.807) is 24.3 Å². The third-order valence-corrected chi connectivity index (χ3v) is 4.55. The first-order valence-corrected chi connectivity index (χ1v) is 9.53. The maximum atomic E-state index is 12.3. The van der Waals surface area contributed by atoms with Crippen LogP contribution in [0.25, 0.3) is 6.08 Å². The molecule has 3 aromatic carbocycles. The number of benzene rings is 3. The first-order valence-electron chi connectivity index (χ1n) is 9.53. The average molecular weight is 385 g/mol. The minimum Gasteiger partial charge on any atom is -0.478 e. The van der Waals surface area contributed by atoms with Crippen LogP contribution in [0.15, 0.2) is 84.9 Å². The van der Waals surface area contributed by atoms with Crippen molar-refractivity contribution in [3.63, 3.8) is 0 Å². The summed E-state index contributed by atoms with van der Waals surface area (Å²) in [5, 5.41) is 12.2. The zero-order chi connectivity index (χ0) is 20.5. The van der Waals surface area contributed by atoms with Crippen molar-refractivity contribution >= 4 is 23.6 Å². The van der Waals surface area contributed by atoms with Gasteiger partial charge in [0.05, 0.1) is 11.3 Å². The topological polar surface area (TPSA) is 66.4 Å². The summed E-state index contributed by atoms with van der Waals surface area (Å²) in [6.45, 7) is 0. The Labute approximate surface area is 170 Å². The number of carbonyl (C=O) groups is 2. The van der Waals surface area contributed by atoms with Gasteiger partial charge in [-0.05, 0) is 41.7 Å². The molecule has 2 N–H and O–H groups in total. The maximum absolute atomic E-state index is 12.3. The Morgan fingerprint density at radius 2 is 1.48 bits per heavy atom. The summed E-state index contributed by atoms with van der Waals surface area (Å²) in [5.74, 6) is -1.31. The second-order valence-electron chi connectivity index (χ2n) is 6.74. The van der Waals surface area contributed by atoms with E-state index >= 15 is 0 Å². The molecule has 0 aliphatic heterocycles. The average Bonchev–Trinajstić information content (AvgIpc) is 2.74. The van der Waals surface area contributed by atoms with Gasteiger partial charge in [0.15, 0.2) is 0 Å². The SMILES string of the molecule is O=C(C/C=C/c1ccccc1)Nc1cc(CCc2ccccc2)ccc1C(=O)O.